The highest BCUT2D eigenvalue weighted by molar-refractivity contribution is 5.85. The van der Waals surface area contributed by atoms with E-state index < -0.39 is 5.82 Å². The van der Waals surface area contributed by atoms with Gasteiger partial charge in [-0.25, -0.2) is 14.4 Å². The average Bonchev–Trinajstić information content (AvgIpc) is 2.30. The van der Waals surface area contributed by atoms with Gasteiger partial charge in [0.2, 0.25) is 0 Å². The molecule has 2 rings (SSSR count). The lowest BCUT2D eigenvalue weighted by molar-refractivity contribution is 0.204. The van der Waals surface area contributed by atoms with Crippen LogP contribution in [0, 0.1) is 11.7 Å². The normalized spacial score (nSPS) is 19.9. The Morgan fingerprint density at radius 3 is 2.81 bits per heavy atom. The molecule has 0 radical (unpaired) electrons. The summed E-state index contributed by atoms with van der Waals surface area (Å²) in [6.07, 6.45) is 4.56. The smallest absolute Gasteiger partial charge is 0.316 e. The van der Waals surface area contributed by atoms with E-state index in [0.717, 1.165) is 31.9 Å². The predicted molar refractivity (Wildman–Crippen MR) is 60.3 cm³/mol. The van der Waals surface area contributed by atoms with E-state index in [-0.39, 0.29) is 18.4 Å². The summed E-state index contributed by atoms with van der Waals surface area (Å²) < 4.78 is 17.9. The zero-order chi connectivity index (χ0) is 10.5. The summed E-state index contributed by atoms with van der Waals surface area (Å²) in [5.41, 5.74) is 0. The fourth-order valence-corrected chi connectivity index (χ4v) is 1.63. The molecule has 1 saturated heterocycles. The lowest BCUT2D eigenvalue weighted by atomic mass is 10.0. The fourth-order valence-electron chi connectivity index (χ4n) is 1.63. The molecule has 0 aromatic carbocycles. The van der Waals surface area contributed by atoms with Crippen molar-refractivity contribution in [3.05, 3.63) is 18.2 Å². The van der Waals surface area contributed by atoms with Gasteiger partial charge in [0.25, 0.3) is 0 Å². The number of aromatic nitrogens is 2. The molecule has 1 aromatic heterocycles. The maximum absolute atomic E-state index is 12.5. The topological polar surface area (TPSA) is 47.0 Å². The number of halogens is 2. The summed E-state index contributed by atoms with van der Waals surface area (Å²) in [5, 5.41) is 3.30. The first-order chi connectivity index (χ1) is 7.34. The molecule has 1 aromatic rings. The fraction of sp³-hybridized carbons (Fsp3) is 0.600. The molecule has 1 fully saturated rings. The van der Waals surface area contributed by atoms with Crippen molar-refractivity contribution in [3.63, 3.8) is 0 Å². The lowest BCUT2D eigenvalue weighted by Gasteiger charge is -2.22. The molecule has 0 aliphatic carbocycles. The number of ether oxygens (including phenoxy) is 1. The maximum Gasteiger partial charge on any atom is 0.316 e. The van der Waals surface area contributed by atoms with Gasteiger partial charge in [0, 0.05) is 12.5 Å². The van der Waals surface area contributed by atoms with Crippen molar-refractivity contribution in [2.24, 2.45) is 5.92 Å². The van der Waals surface area contributed by atoms with Crippen LogP contribution in [0.15, 0.2) is 12.4 Å². The van der Waals surface area contributed by atoms with E-state index in [9.17, 15) is 4.39 Å². The van der Waals surface area contributed by atoms with Crippen LogP contribution >= 0.6 is 12.4 Å². The van der Waals surface area contributed by atoms with Crippen LogP contribution in [0.25, 0.3) is 0 Å². The molecular weight excluding hydrogens is 233 g/mol. The van der Waals surface area contributed by atoms with E-state index in [2.05, 4.69) is 15.3 Å². The molecule has 0 bridgehead atoms. The monoisotopic (exact) mass is 247 g/mol. The standard InChI is InChI=1S/C10H14FN3O.ClH/c11-9-5-13-10(14-6-9)15-7-8-2-1-3-12-4-8;/h5-6,8,12H,1-4,7H2;1H. The highest BCUT2D eigenvalue weighted by atomic mass is 35.5. The van der Waals surface area contributed by atoms with Crippen LogP contribution in [0.5, 0.6) is 6.01 Å². The lowest BCUT2D eigenvalue weighted by Crippen LogP contribution is -2.33. The summed E-state index contributed by atoms with van der Waals surface area (Å²) in [6.45, 7) is 2.66. The largest absolute Gasteiger partial charge is 0.463 e. The third-order valence-electron chi connectivity index (χ3n) is 2.44. The highest BCUT2D eigenvalue weighted by Crippen LogP contribution is 2.11. The molecule has 1 N–H and O–H groups in total. The van der Waals surface area contributed by atoms with E-state index >= 15 is 0 Å². The van der Waals surface area contributed by atoms with Gasteiger partial charge in [-0.05, 0) is 19.4 Å². The molecule has 1 aliphatic heterocycles. The second-order valence-electron chi connectivity index (χ2n) is 3.71. The number of hydrogen-bond donors (Lipinski definition) is 1. The third-order valence-corrected chi connectivity index (χ3v) is 2.44. The molecule has 1 atom stereocenters. The van der Waals surface area contributed by atoms with E-state index in [1.807, 2.05) is 0 Å². The van der Waals surface area contributed by atoms with E-state index in [1.54, 1.807) is 0 Å². The second kappa shape index (κ2) is 6.60. The summed E-state index contributed by atoms with van der Waals surface area (Å²) in [4.78, 5) is 7.47. The van der Waals surface area contributed by atoms with Crippen molar-refractivity contribution in [3.8, 4) is 6.01 Å². The van der Waals surface area contributed by atoms with Gasteiger partial charge in [0.05, 0.1) is 19.0 Å². The summed E-state index contributed by atoms with van der Waals surface area (Å²) in [7, 11) is 0. The first-order valence-electron chi connectivity index (χ1n) is 5.15. The van der Waals surface area contributed by atoms with Crippen molar-refractivity contribution >= 4 is 12.4 Å². The van der Waals surface area contributed by atoms with Crippen molar-refractivity contribution in [1.82, 2.24) is 15.3 Å². The van der Waals surface area contributed by atoms with Crippen molar-refractivity contribution < 1.29 is 9.13 Å². The molecular formula is C10H15ClFN3O. The Morgan fingerprint density at radius 2 is 2.19 bits per heavy atom. The number of rotatable bonds is 3. The molecule has 16 heavy (non-hydrogen) atoms. The maximum atomic E-state index is 12.5. The van der Waals surface area contributed by atoms with Crippen LogP contribution in [0.2, 0.25) is 0 Å². The molecule has 1 aliphatic rings. The molecule has 1 unspecified atom stereocenters. The van der Waals surface area contributed by atoms with Gasteiger partial charge in [-0.15, -0.1) is 12.4 Å². The molecule has 0 amide bonds. The van der Waals surface area contributed by atoms with Crippen LogP contribution in [0.4, 0.5) is 4.39 Å². The average molecular weight is 248 g/mol. The molecule has 2 heterocycles. The van der Waals surface area contributed by atoms with Crippen LogP contribution in [0.3, 0.4) is 0 Å². The van der Waals surface area contributed by atoms with Crippen LogP contribution in [-0.4, -0.2) is 29.7 Å². The zero-order valence-electron chi connectivity index (χ0n) is 8.86. The van der Waals surface area contributed by atoms with Gasteiger partial charge < -0.3 is 10.1 Å². The Kier molecular flexibility index (Phi) is 5.42. The van der Waals surface area contributed by atoms with Gasteiger partial charge in [0.1, 0.15) is 0 Å². The van der Waals surface area contributed by atoms with E-state index in [4.69, 9.17) is 4.74 Å². The van der Waals surface area contributed by atoms with Crippen LogP contribution in [0.1, 0.15) is 12.8 Å². The first-order valence-corrected chi connectivity index (χ1v) is 5.15. The number of piperidine rings is 1. The minimum atomic E-state index is -0.443. The third kappa shape index (κ3) is 3.90. The minimum absolute atomic E-state index is 0. The Balaban J connectivity index is 0.00000128. The minimum Gasteiger partial charge on any atom is -0.463 e. The van der Waals surface area contributed by atoms with E-state index in [0.29, 0.717) is 12.5 Å². The van der Waals surface area contributed by atoms with E-state index in [1.165, 1.54) is 6.42 Å². The Hall–Kier alpha value is -0.940. The molecule has 4 nitrogen and oxygen atoms in total. The van der Waals surface area contributed by atoms with Crippen LogP contribution < -0.4 is 10.1 Å². The number of hydrogen-bond acceptors (Lipinski definition) is 4. The molecule has 0 saturated carbocycles. The predicted octanol–water partition coefficient (Wildman–Crippen LogP) is 1.42. The van der Waals surface area contributed by atoms with Crippen molar-refractivity contribution in [2.45, 2.75) is 12.8 Å². The summed E-state index contributed by atoms with van der Waals surface area (Å²) in [5.74, 6) is 0.0640. The Labute approximate surface area is 100 Å². The Morgan fingerprint density at radius 1 is 1.44 bits per heavy atom. The van der Waals surface area contributed by atoms with Gasteiger partial charge in [-0.1, -0.05) is 0 Å². The van der Waals surface area contributed by atoms with Gasteiger partial charge in [0.15, 0.2) is 5.82 Å². The second-order valence-corrected chi connectivity index (χ2v) is 3.71. The van der Waals surface area contributed by atoms with Gasteiger partial charge in [-0.3, -0.25) is 0 Å². The first kappa shape index (κ1) is 13.1. The summed E-state index contributed by atoms with van der Waals surface area (Å²) >= 11 is 0. The number of nitrogens with zero attached hydrogens (tertiary/aromatic N) is 2. The van der Waals surface area contributed by atoms with Crippen molar-refractivity contribution in [2.75, 3.05) is 19.7 Å². The molecule has 0 spiro atoms. The van der Waals surface area contributed by atoms with Crippen molar-refractivity contribution in [1.29, 1.82) is 0 Å². The Bertz CT molecular complexity index is 303. The quantitative estimate of drug-likeness (QED) is 0.878. The van der Waals surface area contributed by atoms with Gasteiger partial charge >= 0.3 is 6.01 Å². The highest BCUT2D eigenvalue weighted by Gasteiger charge is 2.13. The van der Waals surface area contributed by atoms with Gasteiger partial charge in [-0.2, -0.15) is 0 Å². The zero-order valence-corrected chi connectivity index (χ0v) is 9.67. The molecule has 6 heteroatoms. The number of nitrogens with one attached hydrogen (secondary N) is 1. The summed E-state index contributed by atoms with van der Waals surface area (Å²) in [6, 6.07) is 0.252. The SMILES string of the molecule is Cl.Fc1cnc(OCC2CCCNC2)nc1. The van der Waals surface area contributed by atoms with Crippen LogP contribution in [-0.2, 0) is 0 Å². The molecule has 90 valence electrons.